The van der Waals surface area contributed by atoms with Gasteiger partial charge in [0.2, 0.25) is 16.5 Å². The van der Waals surface area contributed by atoms with Crippen molar-refractivity contribution >= 4 is 40.8 Å². The zero-order valence-corrected chi connectivity index (χ0v) is 14.4. The van der Waals surface area contributed by atoms with Crippen LogP contribution in [-0.2, 0) is 6.42 Å². The highest BCUT2D eigenvalue weighted by molar-refractivity contribution is 6.31. The van der Waals surface area contributed by atoms with Crippen molar-refractivity contribution in [2.75, 3.05) is 5.32 Å². The van der Waals surface area contributed by atoms with Crippen LogP contribution in [0.4, 0.5) is 11.6 Å². The van der Waals surface area contributed by atoms with Crippen molar-refractivity contribution in [2.24, 2.45) is 5.41 Å². The molecule has 23 heavy (non-hydrogen) atoms. The van der Waals surface area contributed by atoms with Crippen molar-refractivity contribution in [3.05, 3.63) is 39.9 Å². The minimum Gasteiger partial charge on any atom is -0.478 e. The number of carboxylic acid groups (broad SMARTS) is 1. The molecule has 1 aromatic heterocycles. The summed E-state index contributed by atoms with van der Waals surface area (Å²) in [6, 6.07) is 5.09. The quantitative estimate of drug-likeness (QED) is 0.854. The number of nitrogens with one attached hydrogen (secondary N) is 1. The molecule has 1 heterocycles. The first kappa shape index (κ1) is 17.4. The van der Waals surface area contributed by atoms with E-state index in [1.807, 2.05) is 6.07 Å². The summed E-state index contributed by atoms with van der Waals surface area (Å²) in [4.78, 5) is 23.0. The highest BCUT2D eigenvalue weighted by Crippen LogP contribution is 2.30. The number of carboxylic acids is 1. The van der Waals surface area contributed by atoms with Gasteiger partial charge in [0.05, 0.1) is 11.3 Å². The Kier molecular flexibility index (Phi) is 5.06. The molecule has 8 heteroatoms. The van der Waals surface area contributed by atoms with E-state index in [2.05, 4.69) is 41.0 Å². The molecule has 0 amide bonds. The summed E-state index contributed by atoms with van der Waals surface area (Å²) in [6.45, 7) is 6.21. The molecule has 2 rings (SSSR count). The smallest absolute Gasteiger partial charge is 0.337 e. The SMILES string of the molecule is CC(C)(C)Cc1cccc(C(=O)O)c1Nc1nc(Cl)nc(Cl)n1. The molecule has 0 spiro atoms. The van der Waals surface area contributed by atoms with Crippen LogP contribution in [0, 0.1) is 5.41 Å². The number of aromatic carboxylic acids is 1. The summed E-state index contributed by atoms with van der Waals surface area (Å²) in [6.07, 6.45) is 0.670. The summed E-state index contributed by atoms with van der Waals surface area (Å²) >= 11 is 11.5. The van der Waals surface area contributed by atoms with E-state index in [-0.39, 0.29) is 27.5 Å². The van der Waals surface area contributed by atoms with Crippen LogP contribution in [0.2, 0.25) is 10.6 Å². The van der Waals surface area contributed by atoms with Gasteiger partial charge in [0.1, 0.15) is 0 Å². The average Bonchev–Trinajstić information content (AvgIpc) is 2.37. The maximum Gasteiger partial charge on any atom is 0.337 e. The molecule has 0 aliphatic carbocycles. The van der Waals surface area contributed by atoms with Gasteiger partial charge in [0.15, 0.2) is 0 Å². The predicted molar refractivity (Wildman–Crippen MR) is 89.7 cm³/mol. The molecule has 0 atom stereocenters. The summed E-state index contributed by atoms with van der Waals surface area (Å²) in [5, 5.41) is 12.2. The number of benzene rings is 1. The van der Waals surface area contributed by atoms with Crippen LogP contribution >= 0.6 is 23.2 Å². The van der Waals surface area contributed by atoms with E-state index in [1.54, 1.807) is 6.07 Å². The number of carbonyl (C=O) groups is 1. The molecule has 0 bridgehead atoms. The van der Waals surface area contributed by atoms with E-state index in [1.165, 1.54) is 6.07 Å². The van der Waals surface area contributed by atoms with E-state index >= 15 is 0 Å². The predicted octanol–water partition coefficient (Wildman–Crippen LogP) is 4.21. The fraction of sp³-hybridized carbons (Fsp3) is 0.333. The topological polar surface area (TPSA) is 88.0 Å². The van der Waals surface area contributed by atoms with Crippen molar-refractivity contribution in [3.8, 4) is 0 Å². The maximum atomic E-state index is 11.5. The van der Waals surface area contributed by atoms with Crippen molar-refractivity contribution < 1.29 is 9.90 Å². The normalized spacial score (nSPS) is 11.3. The second-order valence-corrected chi connectivity index (χ2v) is 6.88. The second-order valence-electron chi connectivity index (χ2n) is 6.20. The van der Waals surface area contributed by atoms with Crippen LogP contribution in [-0.4, -0.2) is 26.0 Å². The first-order chi connectivity index (χ1) is 10.7. The van der Waals surface area contributed by atoms with Crippen LogP contribution in [0.1, 0.15) is 36.7 Å². The van der Waals surface area contributed by atoms with Gasteiger partial charge in [0, 0.05) is 0 Å². The zero-order chi connectivity index (χ0) is 17.2. The highest BCUT2D eigenvalue weighted by atomic mass is 35.5. The molecule has 0 saturated heterocycles. The third-order valence-corrected chi connectivity index (χ3v) is 3.26. The fourth-order valence-corrected chi connectivity index (χ4v) is 2.50. The summed E-state index contributed by atoms with van der Waals surface area (Å²) in [5.41, 5.74) is 1.36. The van der Waals surface area contributed by atoms with Gasteiger partial charge >= 0.3 is 5.97 Å². The largest absolute Gasteiger partial charge is 0.478 e. The van der Waals surface area contributed by atoms with E-state index in [9.17, 15) is 9.90 Å². The zero-order valence-electron chi connectivity index (χ0n) is 12.9. The maximum absolute atomic E-state index is 11.5. The van der Waals surface area contributed by atoms with Gasteiger partial charge in [-0.25, -0.2) is 4.79 Å². The van der Waals surface area contributed by atoms with Gasteiger partial charge < -0.3 is 10.4 Å². The molecular weight excluding hydrogens is 339 g/mol. The van der Waals surface area contributed by atoms with Crippen LogP contribution < -0.4 is 5.32 Å². The molecule has 0 unspecified atom stereocenters. The molecule has 122 valence electrons. The van der Waals surface area contributed by atoms with E-state index < -0.39 is 5.97 Å². The Hall–Kier alpha value is -1.92. The Morgan fingerprint density at radius 1 is 1.17 bits per heavy atom. The number of nitrogens with zero attached hydrogens (tertiary/aromatic N) is 3. The van der Waals surface area contributed by atoms with Crippen molar-refractivity contribution in [1.29, 1.82) is 0 Å². The van der Waals surface area contributed by atoms with Gasteiger partial charge in [0.25, 0.3) is 0 Å². The Morgan fingerprint density at radius 2 is 1.78 bits per heavy atom. The van der Waals surface area contributed by atoms with E-state index in [0.29, 0.717) is 12.1 Å². The lowest BCUT2D eigenvalue weighted by Gasteiger charge is -2.21. The molecule has 1 aromatic carbocycles. The highest BCUT2D eigenvalue weighted by Gasteiger charge is 2.20. The summed E-state index contributed by atoms with van der Waals surface area (Å²) < 4.78 is 0. The summed E-state index contributed by atoms with van der Waals surface area (Å²) in [5.74, 6) is -0.951. The number of halogens is 2. The van der Waals surface area contributed by atoms with Gasteiger partial charge in [-0.1, -0.05) is 32.9 Å². The monoisotopic (exact) mass is 354 g/mol. The van der Waals surface area contributed by atoms with Gasteiger partial charge in [-0.05, 0) is 46.7 Å². The standard InChI is InChI=1S/C15H16Cl2N4O2/c1-15(2,3)7-8-5-4-6-9(11(22)23)10(8)18-14-20-12(16)19-13(17)21-14/h4-6H,7H2,1-3H3,(H,22,23)(H,18,19,20,21). The Bertz CT molecular complexity index is 724. The number of aromatic nitrogens is 3. The van der Waals surface area contributed by atoms with Crippen molar-refractivity contribution in [2.45, 2.75) is 27.2 Å². The third kappa shape index (κ3) is 4.77. The van der Waals surface area contributed by atoms with Crippen molar-refractivity contribution in [3.63, 3.8) is 0 Å². The Labute approximate surface area is 143 Å². The molecule has 0 aliphatic rings. The number of anilines is 2. The molecule has 2 N–H and O–H groups in total. The number of rotatable bonds is 4. The second kappa shape index (κ2) is 6.68. The number of para-hydroxylation sites is 1. The van der Waals surface area contributed by atoms with Gasteiger partial charge in [-0.3, -0.25) is 0 Å². The van der Waals surface area contributed by atoms with E-state index in [0.717, 1.165) is 5.56 Å². The molecule has 2 aromatic rings. The van der Waals surface area contributed by atoms with Crippen LogP contribution in [0.5, 0.6) is 0 Å². The fourth-order valence-electron chi connectivity index (χ4n) is 2.14. The van der Waals surface area contributed by atoms with Crippen LogP contribution in [0.3, 0.4) is 0 Å². The van der Waals surface area contributed by atoms with E-state index in [4.69, 9.17) is 23.2 Å². The van der Waals surface area contributed by atoms with Crippen molar-refractivity contribution in [1.82, 2.24) is 15.0 Å². The molecule has 6 nitrogen and oxygen atoms in total. The lowest BCUT2D eigenvalue weighted by molar-refractivity contribution is 0.0698. The van der Waals surface area contributed by atoms with Crippen LogP contribution in [0.25, 0.3) is 0 Å². The lowest BCUT2D eigenvalue weighted by Crippen LogP contribution is -2.14. The minimum atomic E-state index is -1.05. The molecule has 0 radical (unpaired) electrons. The van der Waals surface area contributed by atoms with Gasteiger partial charge in [-0.15, -0.1) is 0 Å². The summed E-state index contributed by atoms with van der Waals surface area (Å²) in [7, 11) is 0. The Morgan fingerprint density at radius 3 is 2.30 bits per heavy atom. The first-order valence-electron chi connectivity index (χ1n) is 6.85. The molecule has 0 fully saturated rings. The van der Waals surface area contributed by atoms with Gasteiger partial charge in [-0.2, -0.15) is 15.0 Å². The van der Waals surface area contributed by atoms with Crippen LogP contribution in [0.15, 0.2) is 18.2 Å². The molecule has 0 saturated carbocycles. The number of hydrogen-bond acceptors (Lipinski definition) is 5. The average molecular weight is 355 g/mol. The molecular formula is C15H16Cl2N4O2. The minimum absolute atomic E-state index is 0.0258. The third-order valence-electron chi connectivity index (χ3n) is 2.92. The lowest BCUT2D eigenvalue weighted by atomic mass is 9.86. The molecule has 0 aliphatic heterocycles. The Balaban J connectivity index is 2.51. The number of hydrogen-bond donors (Lipinski definition) is 2. The first-order valence-corrected chi connectivity index (χ1v) is 7.60.